The summed E-state index contributed by atoms with van der Waals surface area (Å²) in [5, 5.41) is 3.88. The van der Waals surface area contributed by atoms with Crippen LogP contribution in [0.3, 0.4) is 0 Å². The van der Waals surface area contributed by atoms with Crippen molar-refractivity contribution in [2.75, 3.05) is 12.4 Å². The van der Waals surface area contributed by atoms with Crippen molar-refractivity contribution in [3.8, 4) is 17.2 Å². The Bertz CT molecular complexity index is 1190. The monoisotopic (exact) mass is 412 g/mol. The molecule has 1 amide bonds. The Hall–Kier alpha value is -3.02. The van der Waals surface area contributed by atoms with Crippen LogP contribution in [-0.4, -0.2) is 18.0 Å². The van der Waals surface area contributed by atoms with Crippen LogP contribution in [0, 0.1) is 0 Å². The number of amides is 1. The highest BCUT2D eigenvalue weighted by molar-refractivity contribution is 6.31. The Morgan fingerprint density at radius 1 is 1.04 bits per heavy atom. The van der Waals surface area contributed by atoms with Crippen LogP contribution in [0.4, 0.5) is 5.69 Å². The predicted octanol–water partition coefficient (Wildman–Crippen LogP) is 6.06. The van der Waals surface area contributed by atoms with Gasteiger partial charge in [0.1, 0.15) is 11.3 Å². The number of benzene rings is 3. The molecule has 0 saturated carbocycles. The number of ether oxygens (including phenoxy) is 1. The molecule has 28 heavy (non-hydrogen) atoms. The molecule has 3 aromatic carbocycles. The molecule has 1 heterocycles. The molecule has 140 valence electrons. The van der Waals surface area contributed by atoms with Gasteiger partial charge in [-0.15, -0.1) is 0 Å². The van der Waals surface area contributed by atoms with E-state index < -0.39 is 0 Å². The zero-order valence-corrected chi connectivity index (χ0v) is 16.2. The number of nitrogens with zero attached hydrogens (tertiary/aromatic N) is 1. The van der Waals surface area contributed by atoms with Gasteiger partial charge in [0.15, 0.2) is 5.58 Å². The molecule has 1 N–H and O–H groups in total. The number of aromatic nitrogens is 1. The van der Waals surface area contributed by atoms with Crippen molar-refractivity contribution in [1.82, 2.24) is 4.98 Å². The molecule has 4 aromatic rings. The Balaban J connectivity index is 1.63. The van der Waals surface area contributed by atoms with Gasteiger partial charge in [0, 0.05) is 21.3 Å². The first-order valence-corrected chi connectivity index (χ1v) is 9.10. The second-order valence-electron chi connectivity index (χ2n) is 6.01. The Morgan fingerprint density at radius 3 is 2.64 bits per heavy atom. The summed E-state index contributed by atoms with van der Waals surface area (Å²) >= 11 is 12.0. The Morgan fingerprint density at radius 2 is 1.86 bits per heavy atom. The molecule has 5 nitrogen and oxygen atoms in total. The van der Waals surface area contributed by atoms with E-state index in [1.807, 2.05) is 12.1 Å². The highest BCUT2D eigenvalue weighted by Crippen LogP contribution is 2.28. The van der Waals surface area contributed by atoms with Gasteiger partial charge in [0.2, 0.25) is 5.89 Å². The van der Waals surface area contributed by atoms with Gasteiger partial charge in [-0.3, -0.25) is 4.79 Å². The average Bonchev–Trinajstić information content (AvgIpc) is 3.11. The molecule has 0 aliphatic rings. The summed E-state index contributed by atoms with van der Waals surface area (Å²) in [6, 6.07) is 17.4. The summed E-state index contributed by atoms with van der Waals surface area (Å²) in [6.45, 7) is 0. The van der Waals surface area contributed by atoms with Crippen molar-refractivity contribution in [1.29, 1.82) is 0 Å². The highest BCUT2D eigenvalue weighted by Gasteiger charge is 2.15. The van der Waals surface area contributed by atoms with E-state index in [-0.39, 0.29) is 5.91 Å². The first-order chi connectivity index (χ1) is 13.5. The van der Waals surface area contributed by atoms with Gasteiger partial charge < -0.3 is 14.5 Å². The van der Waals surface area contributed by atoms with E-state index in [4.69, 9.17) is 32.4 Å². The third-order valence-corrected chi connectivity index (χ3v) is 4.59. The number of hydrogen-bond donors (Lipinski definition) is 1. The van der Waals surface area contributed by atoms with Crippen molar-refractivity contribution in [2.45, 2.75) is 0 Å². The zero-order valence-electron chi connectivity index (χ0n) is 14.7. The maximum Gasteiger partial charge on any atom is 0.259 e. The van der Waals surface area contributed by atoms with Gasteiger partial charge in [0.05, 0.1) is 12.7 Å². The number of halogens is 2. The van der Waals surface area contributed by atoms with Gasteiger partial charge in [-0.2, -0.15) is 0 Å². The van der Waals surface area contributed by atoms with Crippen molar-refractivity contribution < 1.29 is 13.9 Å². The van der Waals surface area contributed by atoms with E-state index in [9.17, 15) is 4.79 Å². The lowest BCUT2D eigenvalue weighted by Crippen LogP contribution is -2.13. The number of oxazole rings is 1. The maximum absolute atomic E-state index is 12.6. The lowest BCUT2D eigenvalue weighted by molar-refractivity contribution is 0.102. The van der Waals surface area contributed by atoms with E-state index in [1.54, 1.807) is 48.5 Å². The number of anilines is 1. The molecule has 0 spiro atoms. The minimum absolute atomic E-state index is 0.336. The third kappa shape index (κ3) is 3.67. The normalized spacial score (nSPS) is 10.8. The van der Waals surface area contributed by atoms with Crippen LogP contribution >= 0.6 is 23.2 Å². The molecule has 4 rings (SSSR count). The van der Waals surface area contributed by atoms with Gasteiger partial charge >= 0.3 is 0 Å². The Labute approximate surface area is 170 Å². The van der Waals surface area contributed by atoms with Gasteiger partial charge in [-0.05, 0) is 54.6 Å². The summed E-state index contributed by atoms with van der Waals surface area (Å²) in [5.74, 6) is 0.558. The third-order valence-electron chi connectivity index (χ3n) is 4.12. The number of methoxy groups -OCH3 is 1. The van der Waals surface area contributed by atoms with Crippen molar-refractivity contribution in [3.63, 3.8) is 0 Å². The van der Waals surface area contributed by atoms with Crippen LogP contribution in [0.25, 0.3) is 22.6 Å². The molecule has 0 unspecified atom stereocenters. The fourth-order valence-electron chi connectivity index (χ4n) is 2.81. The van der Waals surface area contributed by atoms with E-state index in [2.05, 4.69) is 10.3 Å². The molecule has 0 bridgehead atoms. The van der Waals surface area contributed by atoms with Gasteiger partial charge in [-0.1, -0.05) is 29.3 Å². The lowest BCUT2D eigenvalue weighted by Gasteiger charge is -2.09. The van der Waals surface area contributed by atoms with Gasteiger partial charge in [-0.25, -0.2) is 4.98 Å². The quantitative estimate of drug-likeness (QED) is 0.442. The SMILES string of the molecule is COc1ccc(Cl)cc1C(=O)Nc1ccc2oc(-c3cccc(Cl)c3)nc2c1. The molecule has 7 heteroatoms. The predicted molar refractivity (Wildman–Crippen MR) is 110 cm³/mol. The Kier molecular flexibility index (Phi) is 4.94. The topological polar surface area (TPSA) is 64.4 Å². The van der Waals surface area contributed by atoms with Crippen molar-refractivity contribution >= 4 is 45.9 Å². The fourth-order valence-corrected chi connectivity index (χ4v) is 3.17. The minimum Gasteiger partial charge on any atom is -0.496 e. The van der Waals surface area contributed by atoms with E-state index in [0.717, 1.165) is 5.56 Å². The van der Waals surface area contributed by atoms with Crippen molar-refractivity contribution in [3.05, 3.63) is 76.3 Å². The number of fused-ring (bicyclic) bond motifs is 1. The van der Waals surface area contributed by atoms with Crippen molar-refractivity contribution in [2.24, 2.45) is 0 Å². The molecule has 1 aromatic heterocycles. The summed E-state index contributed by atoms with van der Waals surface area (Å²) in [7, 11) is 1.50. The zero-order chi connectivity index (χ0) is 19.7. The molecule has 0 atom stereocenters. The highest BCUT2D eigenvalue weighted by atomic mass is 35.5. The van der Waals surface area contributed by atoms with Crippen LogP contribution in [0.15, 0.2) is 65.1 Å². The number of rotatable bonds is 4. The molecule has 0 aliphatic carbocycles. The smallest absolute Gasteiger partial charge is 0.259 e. The number of nitrogens with one attached hydrogen (secondary N) is 1. The standard InChI is InChI=1S/C21H14Cl2N2O3/c1-27-18-7-5-14(23)10-16(18)20(26)24-15-6-8-19-17(11-15)25-21(28-19)12-3-2-4-13(22)9-12/h2-11H,1H3,(H,24,26). The van der Waals surface area contributed by atoms with Crippen LogP contribution in [0.1, 0.15) is 10.4 Å². The second kappa shape index (κ2) is 7.54. The molecule has 0 fully saturated rings. The van der Waals surface area contributed by atoms with Crippen LogP contribution < -0.4 is 10.1 Å². The van der Waals surface area contributed by atoms with Crippen LogP contribution in [0.2, 0.25) is 10.0 Å². The molecular weight excluding hydrogens is 399 g/mol. The molecule has 0 saturated heterocycles. The number of carbonyl (C=O) groups is 1. The van der Waals surface area contributed by atoms with E-state index in [1.165, 1.54) is 7.11 Å². The molecule has 0 radical (unpaired) electrons. The van der Waals surface area contributed by atoms with Gasteiger partial charge in [0.25, 0.3) is 5.91 Å². The summed E-state index contributed by atoms with van der Waals surface area (Å²) < 4.78 is 11.0. The average molecular weight is 413 g/mol. The molecular formula is C21H14Cl2N2O3. The summed E-state index contributed by atoms with van der Waals surface area (Å²) in [4.78, 5) is 17.1. The van der Waals surface area contributed by atoms with E-state index >= 15 is 0 Å². The minimum atomic E-state index is -0.336. The van der Waals surface area contributed by atoms with Crippen LogP contribution in [-0.2, 0) is 0 Å². The number of carbonyl (C=O) groups excluding carboxylic acids is 1. The summed E-state index contributed by atoms with van der Waals surface area (Å²) in [5.41, 5.74) is 2.91. The van der Waals surface area contributed by atoms with E-state index in [0.29, 0.717) is 44.0 Å². The van der Waals surface area contributed by atoms with Crippen LogP contribution in [0.5, 0.6) is 5.75 Å². The first-order valence-electron chi connectivity index (χ1n) is 8.35. The lowest BCUT2D eigenvalue weighted by atomic mass is 10.1. The second-order valence-corrected chi connectivity index (χ2v) is 6.88. The molecule has 0 aliphatic heterocycles. The first kappa shape index (κ1) is 18.3. The largest absolute Gasteiger partial charge is 0.496 e. The fraction of sp³-hybridized carbons (Fsp3) is 0.0476. The number of hydrogen-bond acceptors (Lipinski definition) is 4. The maximum atomic E-state index is 12.6. The summed E-state index contributed by atoms with van der Waals surface area (Å²) in [6.07, 6.45) is 0.